The summed E-state index contributed by atoms with van der Waals surface area (Å²) in [5, 5.41) is 23.9. The number of aliphatic hydroxyl groups is 2. The molecule has 1 amide bonds. The molecule has 66 heavy (non-hydrogen) atoms. The number of nitrogens with one attached hydrogen (secondary N) is 1. The van der Waals surface area contributed by atoms with Gasteiger partial charge in [-0.05, 0) is 77.0 Å². The first-order valence-electron chi connectivity index (χ1n) is 29.6. The zero-order chi connectivity index (χ0) is 48.1. The lowest BCUT2D eigenvalue weighted by molar-refractivity contribution is -0.151. The van der Waals surface area contributed by atoms with Gasteiger partial charge in [-0.2, -0.15) is 0 Å². The number of hydrogen-bond donors (Lipinski definition) is 3. The fourth-order valence-corrected chi connectivity index (χ4v) is 9.25. The van der Waals surface area contributed by atoms with Gasteiger partial charge in [-0.15, -0.1) is 0 Å². The SMILES string of the molecule is CCCCCCCCCCC/C=C/CCCCCCCC(=O)OC(CCCCC/C=C/CCCCCCCCCCC)CC(=O)NC(CO)C(O)CCCCCCCCCCCCCCC. The molecule has 0 aromatic carbocycles. The maximum Gasteiger partial charge on any atom is 0.306 e. The van der Waals surface area contributed by atoms with E-state index in [4.69, 9.17) is 4.74 Å². The lowest BCUT2D eigenvalue weighted by Crippen LogP contribution is -2.46. The standard InChI is InChI=1S/C60H115NO5/c1-4-7-10-13-16-19-22-25-27-29-30-32-35-38-41-44-47-50-53-60(65)66-56(51-48-45-42-39-36-34-31-28-26-23-20-17-14-11-8-5-2)54-59(64)61-57(55-62)58(63)52-49-46-43-40-37-33-24-21-18-15-12-9-6-3/h30,32,34,36,56-58,62-63H,4-29,31,33,35,37-55H2,1-3H3,(H,61,64)/b32-30+,36-34+. The predicted molar refractivity (Wildman–Crippen MR) is 287 cm³/mol. The number of rotatable bonds is 54. The molecule has 0 aliphatic carbocycles. The van der Waals surface area contributed by atoms with Crippen molar-refractivity contribution in [3.63, 3.8) is 0 Å². The third kappa shape index (κ3) is 48.8. The zero-order valence-corrected chi connectivity index (χ0v) is 44.6. The molecule has 0 aliphatic heterocycles. The van der Waals surface area contributed by atoms with Gasteiger partial charge in [0.05, 0.1) is 25.2 Å². The summed E-state index contributed by atoms with van der Waals surface area (Å²) in [6, 6.07) is -0.705. The quantitative estimate of drug-likeness (QED) is 0.0321. The fraction of sp³-hybridized carbons (Fsp3) is 0.900. The number of esters is 1. The molecular weight excluding hydrogens is 815 g/mol. The first-order chi connectivity index (χ1) is 32.5. The molecule has 390 valence electrons. The number of aliphatic hydroxyl groups excluding tert-OH is 2. The van der Waals surface area contributed by atoms with Gasteiger partial charge in [0.1, 0.15) is 6.10 Å². The van der Waals surface area contributed by atoms with E-state index in [1.54, 1.807) is 0 Å². The van der Waals surface area contributed by atoms with E-state index in [1.165, 1.54) is 212 Å². The van der Waals surface area contributed by atoms with Crippen LogP contribution in [0.15, 0.2) is 24.3 Å². The van der Waals surface area contributed by atoms with Crippen molar-refractivity contribution >= 4 is 11.9 Å². The average molecular weight is 931 g/mol. The fourth-order valence-electron chi connectivity index (χ4n) is 9.25. The Hall–Kier alpha value is -1.66. The molecule has 0 aromatic heterocycles. The summed E-state index contributed by atoms with van der Waals surface area (Å²) < 4.78 is 5.96. The Labute approximate surface area is 411 Å². The Morgan fingerprint density at radius 1 is 0.424 bits per heavy atom. The molecule has 0 bridgehead atoms. The Balaban J connectivity index is 4.55. The summed E-state index contributed by atoms with van der Waals surface area (Å²) in [6.07, 6.45) is 63.9. The molecule has 0 saturated heterocycles. The normalized spacial score (nSPS) is 13.2. The number of carbonyl (C=O) groups is 2. The van der Waals surface area contributed by atoms with Crippen LogP contribution in [-0.2, 0) is 14.3 Å². The van der Waals surface area contributed by atoms with Crippen molar-refractivity contribution in [2.24, 2.45) is 0 Å². The van der Waals surface area contributed by atoms with Crippen LogP contribution in [0, 0.1) is 0 Å². The lowest BCUT2D eigenvalue weighted by Gasteiger charge is -2.24. The first-order valence-corrected chi connectivity index (χ1v) is 29.6. The monoisotopic (exact) mass is 930 g/mol. The number of hydrogen-bond acceptors (Lipinski definition) is 5. The molecule has 3 N–H and O–H groups in total. The van der Waals surface area contributed by atoms with E-state index in [0.717, 1.165) is 64.2 Å². The summed E-state index contributed by atoms with van der Waals surface area (Å²) >= 11 is 0. The molecule has 6 heteroatoms. The second kappa shape index (κ2) is 54.3. The van der Waals surface area contributed by atoms with Gasteiger partial charge in [0, 0.05) is 6.42 Å². The van der Waals surface area contributed by atoms with Crippen LogP contribution >= 0.6 is 0 Å². The summed E-state index contributed by atoms with van der Waals surface area (Å²) in [7, 11) is 0. The van der Waals surface area contributed by atoms with Crippen LogP contribution < -0.4 is 5.32 Å². The van der Waals surface area contributed by atoms with Crippen molar-refractivity contribution in [1.82, 2.24) is 5.32 Å². The third-order valence-corrected chi connectivity index (χ3v) is 13.8. The van der Waals surface area contributed by atoms with Gasteiger partial charge in [0.2, 0.25) is 5.91 Å². The molecule has 0 rings (SSSR count). The van der Waals surface area contributed by atoms with Crippen molar-refractivity contribution in [2.45, 2.75) is 341 Å². The largest absolute Gasteiger partial charge is 0.462 e. The van der Waals surface area contributed by atoms with Crippen molar-refractivity contribution < 1.29 is 24.5 Å². The maximum atomic E-state index is 13.3. The smallest absolute Gasteiger partial charge is 0.306 e. The average Bonchev–Trinajstić information content (AvgIpc) is 3.31. The van der Waals surface area contributed by atoms with Crippen LogP contribution in [0.5, 0.6) is 0 Å². The summed E-state index contributed by atoms with van der Waals surface area (Å²) in [6.45, 7) is 6.52. The minimum atomic E-state index is -0.790. The summed E-state index contributed by atoms with van der Waals surface area (Å²) in [5.74, 6) is -0.481. The highest BCUT2D eigenvalue weighted by atomic mass is 16.5. The first kappa shape index (κ1) is 64.3. The molecular formula is C60H115NO5. The molecule has 0 spiro atoms. The molecule has 6 nitrogen and oxygen atoms in total. The number of unbranched alkanes of at least 4 members (excludes halogenated alkanes) is 38. The van der Waals surface area contributed by atoms with E-state index in [1.807, 2.05) is 0 Å². The highest BCUT2D eigenvalue weighted by Gasteiger charge is 2.24. The molecule has 3 unspecified atom stereocenters. The minimum absolute atomic E-state index is 0.0684. The number of ether oxygens (including phenoxy) is 1. The van der Waals surface area contributed by atoms with E-state index in [9.17, 15) is 19.8 Å². The van der Waals surface area contributed by atoms with Crippen LogP contribution in [0.4, 0.5) is 0 Å². The van der Waals surface area contributed by atoms with Gasteiger partial charge >= 0.3 is 5.97 Å². The molecule has 0 heterocycles. The molecule has 0 aromatic rings. The lowest BCUT2D eigenvalue weighted by atomic mass is 10.0. The highest BCUT2D eigenvalue weighted by Crippen LogP contribution is 2.18. The number of carbonyl (C=O) groups excluding carboxylic acids is 2. The van der Waals surface area contributed by atoms with E-state index in [2.05, 4.69) is 50.4 Å². The third-order valence-electron chi connectivity index (χ3n) is 13.8. The Kier molecular flexibility index (Phi) is 52.9. The minimum Gasteiger partial charge on any atom is -0.462 e. The van der Waals surface area contributed by atoms with Gasteiger partial charge in [-0.3, -0.25) is 9.59 Å². The van der Waals surface area contributed by atoms with E-state index >= 15 is 0 Å². The van der Waals surface area contributed by atoms with Crippen molar-refractivity contribution in [1.29, 1.82) is 0 Å². The van der Waals surface area contributed by atoms with Crippen LogP contribution in [0.1, 0.15) is 323 Å². The van der Waals surface area contributed by atoms with E-state index < -0.39 is 18.2 Å². The highest BCUT2D eigenvalue weighted by molar-refractivity contribution is 5.77. The Morgan fingerprint density at radius 3 is 1.09 bits per heavy atom. The van der Waals surface area contributed by atoms with Crippen LogP contribution in [-0.4, -0.2) is 46.9 Å². The van der Waals surface area contributed by atoms with Gasteiger partial charge < -0.3 is 20.3 Å². The number of allylic oxidation sites excluding steroid dienone is 4. The summed E-state index contributed by atoms with van der Waals surface area (Å²) in [5.41, 5.74) is 0. The Bertz CT molecular complexity index is 1040. The molecule has 0 radical (unpaired) electrons. The van der Waals surface area contributed by atoms with Gasteiger partial charge in [-0.1, -0.05) is 257 Å². The van der Waals surface area contributed by atoms with E-state index in [-0.39, 0.29) is 24.9 Å². The van der Waals surface area contributed by atoms with Crippen molar-refractivity contribution in [2.75, 3.05) is 6.61 Å². The molecule has 0 aliphatic rings. The molecule has 3 atom stereocenters. The summed E-state index contributed by atoms with van der Waals surface area (Å²) in [4.78, 5) is 26.3. The van der Waals surface area contributed by atoms with E-state index in [0.29, 0.717) is 19.3 Å². The molecule has 0 fully saturated rings. The predicted octanol–water partition coefficient (Wildman–Crippen LogP) is 18.2. The van der Waals surface area contributed by atoms with Crippen molar-refractivity contribution in [3.8, 4) is 0 Å². The van der Waals surface area contributed by atoms with Crippen LogP contribution in [0.25, 0.3) is 0 Å². The second-order valence-electron chi connectivity index (χ2n) is 20.4. The molecule has 0 saturated carbocycles. The van der Waals surface area contributed by atoms with Gasteiger partial charge in [0.25, 0.3) is 0 Å². The zero-order valence-electron chi connectivity index (χ0n) is 44.6. The topological polar surface area (TPSA) is 95.9 Å². The van der Waals surface area contributed by atoms with Gasteiger partial charge in [0.15, 0.2) is 0 Å². The maximum absolute atomic E-state index is 13.3. The number of amides is 1. The Morgan fingerprint density at radius 2 is 0.727 bits per heavy atom. The van der Waals surface area contributed by atoms with Gasteiger partial charge in [-0.25, -0.2) is 0 Å². The van der Waals surface area contributed by atoms with Crippen LogP contribution in [0.3, 0.4) is 0 Å². The van der Waals surface area contributed by atoms with Crippen molar-refractivity contribution in [3.05, 3.63) is 24.3 Å². The second-order valence-corrected chi connectivity index (χ2v) is 20.4. The van der Waals surface area contributed by atoms with Crippen LogP contribution in [0.2, 0.25) is 0 Å².